The normalized spacial score (nSPS) is 39.3. The van der Waals surface area contributed by atoms with Crippen LogP contribution in [-0.2, 0) is 14.3 Å². The van der Waals surface area contributed by atoms with Crippen molar-refractivity contribution in [2.75, 3.05) is 6.61 Å². The number of aliphatic carboxylic acids is 1. The van der Waals surface area contributed by atoms with E-state index in [0.717, 1.165) is 0 Å². The van der Waals surface area contributed by atoms with Crippen LogP contribution in [0.2, 0.25) is 0 Å². The molecule has 1 heterocycles. The number of carboxylic acid groups (broad SMARTS) is 1. The highest BCUT2D eigenvalue weighted by Gasteiger charge is 2.47. The van der Waals surface area contributed by atoms with Crippen molar-refractivity contribution in [3.05, 3.63) is 12.7 Å². The third kappa shape index (κ3) is 2.57. The molecule has 92 valence electrons. The van der Waals surface area contributed by atoms with Gasteiger partial charge in [0, 0.05) is 0 Å². The molecular formula is C9H14O7. The van der Waals surface area contributed by atoms with Gasteiger partial charge in [-0.1, -0.05) is 6.08 Å². The van der Waals surface area contributed by atoms with Crippen LogP contribution in [0.5, 0.6) is 0 Å². The molecule has 1 saturated heterocycles. The fourth-order valence-electron chi connectivity index (χ4n) is 1.35. The number of ether oxygens (including phenoxy) is 2. The lowest BCUT2D eigenvalue weighted by atomic mass is 9.99. The van der Waals surface area contributed by atoms with Crippen LogP contribution < -0.4 is 0 Å². The summed E-state index contributed by atoms with van der Waals surface area (Å²) in [7, 11) is 0. The van der Waals surface area contributed by atoms with Crippen molar-refractivity contribution in [3.8, 4) is 0 Å². The minimum atomic E-state index is -1.70. The van der Waals surface area contributed by atoms with Crippen LogP contribution >= 0.6 is 0 Å². The van der Waals surface area contributed by atoms with Gasteiger partial charge in [-0.3, -0.25) is 0 Å². The smallest absolute Gasteiger partial charge is 0.335 e. The summed E-state index contributed by atoms with van der Waals surface area (Å²) in [6.45, 7) is 3.39. The van der Waals surface area contributed by atoms with Crippen molar-refractivity contribution in [2.45, 2.75) is 30.7 Å². The minimum Gasteiger partial charge on any atom is -0.479 e. The summed E-state index contributed by atoms with van der Waals surface area (Å²) in [5, 5.41) is 36.9. The summed E-state index contributed by atoms with van der Waals surface area (Å²) in [6, 6.07) is 0. The van der Waals surface area contributed by atoms with Crippen LogP contribution in [-0.4, -0.2) is 63.7 Å². The van der Waals surface area contributed by atoms with Gasteiger partial charge < -0.3 is 29.9 Å². The summed E-state index contributed by atoms with van der Waals surface area (Å²) in [6.07, 6.45) is -6.40. The first kappa shape index (κ1) is 13.1. The van der Waals surface area contributed by atoms with Gasteiger partial charge in [0.05, 0.1) is 6.61 Å². The third-order valence-corrected chi connectivity index (χ3v) is 2.19. The van der Waals surface area contributed by atoms with Crippen LogP contribution in [0.25, 0.3) is 0 Å². The summed E-state index contributed by atoms with van der Waals surface area (Å²) in [4.78, 5) is 10.7. The van der Waals surface area contributed by atoms with Gasteiger partial charge in [0.15, 0.2) is 12.4 Å². The first-order valence-electron chi connectivity index (χ1n) is 4.64. The molecule has 1 aliphatic heterocycles. The number of carboxylic acids is 1. The van der Waals surface area contributed by atoms with Crippen molar-refractivity contribution >= 4 is 5.97 Å². The lowest BCUT2D eigenvalue weighted by Crippen LogP contribution is -2.60. The summed E-state index contributed by atoms with van der Waals surface area (Å²) < 4.78 is 9.73. The SMILES string of the molecule is C=CCO[C@H]1O[C@H](C(=O)O)[C@H](O)[C@H](O)[C@H]1O. The molecule has 7 nitrogen and oxygen atoms in total. The number of hydrogen-bond donors (Lipinski definition) is 4. The Morgan fingerprint density at radius 1 is 1.31 bits per heavy atom. The van der Waals surface area contributed by atoms with Gasteiger partial charge in [0.1, 0.15) is 18.3 Å². The second-order valence-corrected chi connectivity index (χ2v) is 3.36. The van der Waals surface area contributed by atoms with Gasteiger partial charge in [-0.2, -0.15) is 0 Å². The summed E-state index contributed by atoms with van der Waals surface area (Å²) in [5.74, 6) is -1.44. The molecule has 0 bridgehead atoms. The van der Waals surface area contributed by atoms with E-state index in [1.807, 2.05) is 0 Å². The Labute approximate surface area is 91.5 Å². The lowest BCUT2D eigenvalue weighted by Gasteiger charge is -2.38. The first-order chi connectivity index (χ1) is 7.49. The molecule has 1 rings (SSSR count). The van der Waals surface area contributed by atoms with Gasteiger partial charge in [0.25, 0.3) is 0 Å². The van der Waals surface area contributed by atoms with E-state index >= 15 is 0 Å². The Morgan fingerprint density at radius 2 is 1.94 bits per heavy atom. The van der Waals surface area contributed by atoms with Crippen LogP contribution in [0.15, 0.2) is 12.7 Å². The molecule has 1 fully saturated rings. The molecule has 7 heteroatoms. The van der Waals surface area contributed by atoms with E-state index in [1.54, 1.807) is 0 Å². The van der Waals surface area contributed by atoms with Crippen molar-refractivity contribution in [1.82, 2.24) is 0 Å². The van der Waals surface area contributed by atoms with E-state index in [0.29, 0.717) is 0 Å². The fourth-order valence-corrected chi connectivity index (χ4v) is 1.35. The molecule has 0 aromatic carbocycles. The number of aliphatic hydroxyl groups is 3. The van der Waals surface area contributed by atoms with Crippen LogP contribution in [0.4, 0.5) is 0 Å². The molecule has 1 aliphatic rings. The quantitative estimate of drug-likeness (QED) is 0.419. The van der Waals surface area contributed by atoms with E-state index in [4.69, 9.17) is 14.6 Å². The largest absolute Gasteiger partial charge is 0.479 e. The number of rotatable bonds is 4. The van der Waals surface area contributed by atoms with Gasteiger partial charge in [-0.05, 0) is 0 Å². The predicted molar refractivity (Wildman–Crippen MR) is 50.5 cm³/mol. The second-order valence-electron chi connectivity index (χ2n) is 3.36. The van der Waals surface area contributed by atoms with Crippen molar-refractivity contribution < 1.29 is 34.7 Å². The number of aliphatic hydroxyl groups excluding tert-OH is 3. The summed E-state index contributed by atoms with van der Waals surface area (Å²) in [5.41, 5.74) is 0. The average Bonchev–Trinajstić information content (AvgIpc) is 2.24. The number of hydrogen-bond acceptors (Lipinski definition) is 6. The average molecular weight is 234 g/mol. The lowest BCUT2D eigenvalue weighted by molar-refractivity contribution is -0.291. The topological polar surface area (TPSA) is 116 Å². The van der Waals surface area contributed by atoms with Crippen molar-refractivity contribution in [2.24, 2.45) is 0 Å². The number of carbonyl (C=O) groups is 1. The maximum Gasteiger partial charge on any atom is 0.335 e. The maximum atomic E-state index is 10.7. The van der Waals surface area contributed by atoms with Gasteiger partial charge in [-0.15, -0.1) is 6.58 Å². The predicted octanol–water partition coefficient (Wildman–Crippen LogP) is -1.92. The Balaban J connectivity index is 2.72. The highest BCUT2D eigenvalue weighted by Crippen LogP contribution is 2.22. The standard InChI is InChI=1S/C9H14O7/c1-2-3-15-9-6(12)4(10)5(11)7(16-9)8(13)14/h2,4-7,9-12H,1,3H2,(H,13,14)/t4-,5+,6+,7-,9-/m0/s1. The molecule has 0 amide bonds. The van der Waals surface area contributed by atoms with Crippen molar-refractivity contribution in [1.29, 1.82) is 0 Å². The molecule has 0 saturated carbocycles. The highest BCUT2D eigenvalue weighted by molar-refractivity contribution is 5.73. The Morgan fingerprint density at radius 3 is 2.44 bits per heavy atom. The van der Waals surface area contributed by atoms with Gasteiger partial charge in [-0.25, -0.2) is 4.79 Å². The fraction of sp³-hybridized carbons (Fsp3) is 0.667. The minimum absolute atomic E-state index is 0.0247. The zero-order valence-electron chi connectivity index (χ0n) is 8.39. The Hall–Kier alpha value is -0.990. The molecule has 16 heavy (non-hydrogen) atoms. The summed E-state index contributed by atoms with van der Waals surface area (Å²) >= 11 is 0. The van der Waals surface area contributed by atoms with Gasteiger partial charge >= 0.3 is 5.97 Å². The van der Waals surface area contributed by atoms with E-state index in [2.05, 4.69) is 6.58 Å². The second kappa shape index (κ2) is 5.37. The van der Waals surface area contributed by atoms with E-state index in [1.165, 1.54) is 6.08 Å². The third-order valence-electron chi connectivity index (χ3n) is 2.19. The van der Waals surface area contributed by atoms with Crippen molar-refractivity contribution in [3.63, 3.8) is 0 Å². The van der Waals surface area contributed by atoms with Crippen LogP contribution in [0.3, 0.4) is 0 Å². The van der Waals surface area contributed by atoms with E-state index in [-0.39, 0.29) is 6.61 Å². The molecule has 4 N–H and O–H groups in total. The van der Waals surface area contributed by atoms with Gasteiger partial charge in [0.2, 0.25) is 0 Å². The molecule has 0 aromatic heterocycles. The molecule has 0 radical (unpaired) electrons. The molecule has 0 spiro atoms. The molecule has 0 aromatic rings. The molecule has 5 atom stereocenters. The molecular weight excluding hydrogens is 220 g/mol. The molecule has 0 aliphatic carbocycles. The Kier molecular flexibility index (Phi) is 4.39. The zero-order chi connectivity index (χ0) is 12.3. The van der Waals surface area contributed by atoms with Crippen LogP contribution in [0, 0.1) is 0 Å². The first-order valence-corrected chi connectivity index (χ1v) is 4.64. The van der Waals surface area contributed by atoms with E-state index in [9.17, 15) is 20.1 Å². The van der Waals surface area contributed by atoms with E-state index < -0.39 is 36.7 Å². The highest BCUT2D eigenvalue weighted by atomic mass is 16.7. The maximum absolute atomic E-state index is 10.7. The Bertz CT molecular complexity index is 267. The van der Waals surface area contributed by atoms with Crippen LogP contribution in [0.1, 0.15) is 0 Å². The molecule has 0 unspecified atom stereocenters. The monoisotopic (exact) mass is 234 g/mol. The zero-order valence-corrected chi connectivity index (χ0v) is 8.39.